The normalized spacial score (nSPS) is 12.8. The van der Waals surface area contributed by atoms with Gasteiger partial charge in [-0.3, -0.25) is 8.75 Å². The molecule has 0 spiro atoms. The van der Waals surface area contributed by atoms with Gasteiger partial charge in [0.1, 0.15) is 10.4 Å². The fraction of sp³-hybridized carbons (Fsp3) is 0.368. The summed E-state index contributed by atoms with van der Waals surface area (Å²) in [5.41, 5.74) is 1.21. The molecule has 134 valence electrons. The number of halogens is 1. The van der Waals surface area contributed by atoms with E-state index in [0.717, 1.165) is 12.0 Å². The van der Waals surface area contributed by atoms with Gasteiger partial charge < -0.3 is 4.74 Å². The number of benzene rings is 1. The number of carbonyl (C=O) groups is 1. The molecule has 0 aliphatic rings. The number of hydrogen-bond donors (Lipinski definition) is 0. The van der Waals surface area contributed by atoms with Crippen LogP contribution in [0.25, 0.3) is 6.08 Å². The predicted octanol–water partition coefficient (Wildman–Crippen LogP) is 5.13. The smallest absolute Gasteiger partial charge is 0.282 e. The summed E-state index contributed by atoms with van der Waals surface area (Å²) in [6.45, 7) is 8.41. The fourth-order valence-electron chi connectivity index (χ4n) is 2.13. The Kier molecular flexibility index (Phi) is 6.25. The molecule has 25 heavy (non-hydrogen) atoms. The number of nitrogens with zero attached hydrogens (tertiary/aromatic N) is 2. The zero-order valence-corrected chi connectivity index (χ0v) is 16.7. The van der Waals surface area contributed by atoms with Crippen molar-refractivity contribution in [2.45, 2.75) is 39.7 Å². The van der Waals surface area contributed by atoms with E-state index in [1.54, 1.807) is 18.2 Å². The molecule has 0 atom stereocenters. The lowest BCUT2D eigenvalue weighted by Gasteiger charge is -2.19. The fourth-order valence-corrected chi connectivity index (χ4v) is 3.28. The lowest BCUT2D eigenvalue weighted by molar-refractivity contribution is 0.0996. The van der Waals surface area contributed by atoms with Crippen LogP contribution in [0.2, 0.25) is 5.02 Å². The molecule has 0 saturated heterocycles. The summed E-state index contributed by atoms with van der Waals surface area (Å²) in [6, 6.07) is 4.94. The molecule has 1 aromatic heterocycles. The number of hydrogen-bond acceptors (Lipinski definition) is 3. The zero-order chi connectivity index (χ0) is 18.6. The van der Waals surface area contributed by atoms with Crippen LogP contribution in [0.15, 0.2) is 35.5 Å². The largest absolute Gasteiger partial charge is 0.496 e. The van der Waals surface area contributed by atoms with Gasteiger partial charge in [0.2, 0.25) is 0 Å². The van der Waals surface area contributed by atoms with Crippen molar-refractivity contribution < 1.29 is 9.53 Å². The summed E-state index contributed by atoms with van der Waals surface area (Å²) in [5.74, 6) is 0.0949. The van der Waals surface area contributed by atoms with Gasteiger partial charge in [0.25, 0.3) is 5.91 Å². The summed E-state index contributed by atoms with van der Waals surface area (Å²) in [6.07, 6.45) is 7.00. The lowest BCUT2D eigenvalue weighted by Crippen LogP contribution is -2.18. The van der Waals surface area contributed by atoms with E-state index >= 15 is 0 Å². The molecular weight excluding hydrogens is 356 g/mol. The Bertz CT molecular complexity index is 857. The van der Waals surface area contributed by atoms with Gasteiger partial charge in [0.15, 0.2) is 0 Å². The van der Waals surface area contributed by atoms with Crippen LogP contribution in [0.3, 0.4) is 0 Å². The molecule has 0 fully saturated rings. The van der Waals surface area contributed by atoms with Crippen molar-refractivity contribution in [3.05, 3.63) is 51.3 Å². The monoisotopic (exact) mass is 378 g/mol. The standard InChI is InChI=1S/C19H23ClN2O2S/c1-6-7-8-13-12-22(19(2,3)4)25-18(13)21-17(23)15-11-14(20)9-10-16(15)24-5/h7-12H,6H2,1-5H3/b8-7-,21-18?. The molecule has 0 unspecified atom stereocenters. The Morgan fingerprint density at radius 2 is 2.12 bits per heavy atom. The highest BCUT2D eigenvalue weighted by Gasteiger charge is 2.17. The molecule has 0 N–H and O–H groups in total. The Morgan fingerprint density at radius 3 is 2.72 bits per heavy atom. The van der Waals surface area contributed by atoms with E-state index in [-0.39, 0.29) is 11.4 Å². The number of aromatic nitrogens is 1. The second kappa shape index (κ2) is 8.02. The van der Waals surface area contributed by atoms with Gasteiger partial charge in [-0.2, -0.15) is 4.99 Å². The number of ether oxygens (including phenoxy) is 1. The van der Waals surface area contributed by atoms with E-state index < -0.39 is 0 Å². The maximum Gasteiger partial charge on any atom is 0.282 e. The van der Waals surface area contributed by atoms with Crippen LogP contribution in [0, 0.1) is 0 Å². The molecule has 6 heteroatoms. The number of rotatable bonds is 4. The predicted molar refractivity (Wildman–Crippen MR) is 105 cm³/mol. The van der Waals surface area contributed by atoms with Crippen LogP contribution >= 0.6 is 23.1 Å². The summed E-state index contributed by atoms with van der Waals surface area (Å²) in [7, 11) is 1.52. The third-order valence-electron chi connectivity index (χ3n) is 3.48. The van der Waals surface area contributed by atoms with E-state index in [1.165, 1.54) is 18.6 Å². The van der Waals surface area contributed by atoms with Crippen LogP contribution < -0.4 is 9.41 Å². The molecule has 0 bridgehead atoms. The minimum atomic E-state index is -0.367. The van der Waals surface area contributed by atoms with Crippen LogP contribution in [0.4, 0.5) is 0 Å². The first-order chi connectivity index (χ1) is 11.8. The second-order valence-corrected chi connectivity index (χ2v) is 7.95. The third-order valence-corrected chi connectivity index (χ3v) is 5.06. The van der Waals surface area contributed by atoms with Gasteiger partial charge in [-0.1, -0.05) is 30.7 Å². The van der Waals surface area contributed by atoms with Gasteiger partial charge in [-0.05, 0) is 56.9 Å². The van der Waals surface area contributed by atoms with Crippen molar-refractivity contribution in [1.82, 2.24) is 3.96 Å². The zero-order valence-electron chi connectivity index (χ0n) is 15.2. The lowest BCUT2D eigenvalue weighted by atomic mass is 10.1. The summed E-state index contributed by atoms with van der Waals surface area (Å²) >= 11 is 7.48. The molecular formula is C19H23ClN2O2S. The number of amides is 1. The molecule has 0 saturated carbocycles. The molecule has 4 nitrogen and oxygen atoms in total. The first kappa shape index (κ1) is 19.5. The van der Waals surface area contributed by atoms with Crippen molar-refractivity contribution in [3.63, 3.8) is 0 Å². The van der Waals surface area contributed by atoms with Gasteiger partial charge in [0, 0.05) is 22.3 Å². The van der Waals surface area contributed by atoms with E-state index in [1.807, 2.05) is 12.3 Å². The van der Waals surface area contributed by atoms with E-state index in [0.29, 0.717) is 21.0 Å². The molecule has 2 aromatic rings. The summed E-state index contributed by atoms with van der Waals surface area (Å²) in [5, 5.41) is 0.474. The quantitative estimate of drug-likeness (QED) is 0.740. The minimum absolute atomic E-state index is 0.0793. The average Bonchev–Trinajstić information content (AvgIpc) is 2.95. The van der Waals surface area contributed by atoms with Crippen molar-refractivity contribution >= 4 is 35.1 Å². The Morgan fingerprint density at radius 1 is 1.40 bits per heavy atom. The highest BCUT2D eigenvalue weighted by molar-refractivity contribution is 7.04. The molecule has 0 aliphatic carbocycles. The van der Waals surface area contributed by atoms with Crippen molar-refractivity contribution in [3.8, 4) is 5.75 Å². The topological polar surface area (TPSA) is 43.6 Å². The third kappa shape index (κ3) is 4.83. The summed E-state index contributed by atoms with van der Waals surface area (Å²) < 4.78 is 8.03. The number of carbonyl (C=O) groups excluding carboxylic acids is 1. The highest BCUT2D eigenvalue weighted by atomic mass is 35.5. The van der Waals surface area contributed by atoms with Crippen molar-refractivity contribution in [2.75, 3.05) is 7.11 Å². The Hall–Kier alpha value is -1.85. The number of methoxy groups -OCH3 is 1. The summed E-state index contributed by atoms with van der Waals surface area (Å²) in [4.78, 5) is 17.0. The van der Waals surface area contributed by atoms with Gasteiger partial charge >= 0.3 is 0 Å². The molecule has 0 aliphatic heterocycles. The highest BCUT2D eigenvalue weighted by Crippen LogP contribution is 2.23. The van der Waals surface area contributed by atoms with E-state index in [9.17, 15) is 4.79 Å². The maximum absolute atomic E-state index is 12.7. The Labute approximate surface area is 157 Å². The molecule has 1 heterocycles. The average molecular weight is 379 g/mol. The molecule has 2 rings (SSSR count). The van der Waals surface area contributed by atoms with Gasteiger partial charge in [-0.25, -0.2) is 0 Å². The van der Waals surface area contributed by atoms with E-state index in [2.05, 4.69) is 42.7 Å². The molecule has 1 amide bonds. The van der Waals surface area contributed by atoms with Crippen molar-refractivity contribution in [1.29, 1.82) is 0 Å². The van der Waals surface area contributed by atoms with Crippen molar-refractivity contribution in [2.24, 2.45) is 4.99 Å². The van der Waals surface area contributed by atoms with Crippen LogP contribution in [-0.4, -0.2) is 17.0 Å². The van der Waals surface area contributed by atoms with Gasteiger partial charge in [-0.15, -0.1) is 0 Å². The first-order valence-corrected chi connectivity index (χ1v) is 9.24. The van der Waals surface area contributed by atoms with Crippen LogP contribution in [0.5, 0.6) is 5.75 Å². The van der Waals surface area contributed by atoms with Gasteiger partial charge in [0.05, 0.1) is 12.7 Å². The number of allylic oxidation sites excluding steroid dienone is 1. The molecule has 0 radical (unpaired) electrons. The maximum atomic E-state index is 12.7. The minimum Gasteiger partial charge on any atom is -0.496 e. The van der Waals surface area contributed by atoms with Crippen LogP contribution in [-0.2, 0) is 5.54 Å². The SMILES string of the molecule is CC/C=C\c1cn(C(C)(C)C)sc1=NC(=O)c1cc(Cl)ccc1OC. The first-order valence-electron chi connectivity index (χ1n) is 8.09. The second-order valence-electron chi connectivity index (χ2n) is 6.55. The van der Waals surface area contributed by atoms with E-state index in [4.69, 9.17) is 16.3 Å². The van der Waals surface area contributed by atoms with Crippen LogP contribution in [0.1, 0.15) is 50.0 Å². The molecule has 1 aromatic carbocycles. The Balaban J connectivity index is 2.56.